The number of rotatable bonds is 3. The molecule has 0 saturated heterocycles. The van der Waals surface area contributed by atoms with Crippen LogP contribution in [0, 0.1) is 17.2 Å². The van der Waals surface area contributed by atoms with Crippen LogP contribution in [0.15, 0.2) is 17.7 Å². The number of nitriles is 1. The zero-order valence-electron chi connectivity index (χ0n) is 12.8. The molecule has 23 heavy (non-hydrogen) atoms. The average molecular weight is 335 g/mol. The summed E-state index contributed by atoms with van der Waals surface area (Å²) in [6.45, 7) is 2.09. The smallest absolute Gasteiger partial charge is 0.262 e. The van der Waals surface area contributed by atoms with E-state index in [-0.39, 0.29) is 16.6 Å². The monoisotopic (exact) mass is 334 g/mol. The van der Waals surface area contributed by atoms with Crippen molar-refractivity contribution >= 4 is 23.6 Å². The maximum Gasteiger partial charge on any atom is 0.262 e. The number of hydrogen-bond donors (Lipinski definition) is 3. The molecule has 1 amide bonds. The number of nitrogens with one attached hydrogen (secondary N) is 1. The number of aromatic hydroxyl groups is 2. The van der Waals surface area contributed by atoms with Gasteiger partial charge in [0.15, 0.2) is 11.5 Å². The fraction of sp³-hybridized carbons (Fsp3) is 0.412. The van der Waals surface area contributed by atoms with Gasteiger partial charge in [0.2, 0.25) is 0 Å². The highest BCUT2D eigenvalue weighted by Gasteiger charge is 2.24. The van der Waals surface area contributed by atoms with Crippen molar-refractivity contribution in [1.82, 2.24) is 5.32 Å². The molecule has 0 spiro atoms. The van der Waals surface area contributed by atoms with Crippen molar-refractivity contribution in [3.8, 4) is 17.6 Å². The van der Waals surface area contributed by atoms with Gasteiger partial charge in [-0.15, -0.1) is 0 Å². The Morgan fingerprint density at radius 1 is 1.39 bits per heavy atom. The molecule has 0 aromatic heterocycles. The van der Waals surface area contributed by atoms with Crippen LogP contribution in [0.4, 0.5) is 0 Å². The van der Waals surface area contributed by atoms with E-state index >= 15 is 0 Å². The van der Waals surface area contributed by atoms with E-state index in [0.717, 1.165) is 19.3 Å². The van der Waals surface area contributed by atoms with Gasteiger partial charge in [0, 0.05) is 6.04 Å². The van der Waals surface area contributed by atoms with Gasteiger partial charge >= 0.3 is 0 Å². The number of hydrogen-bond acceptors (Lipinski definition) is 4. The number of carbonyl (C=O) groups excluding carboxylic acids is 1. The lowest BCUT2D eigenvalue weighted by Gasteiger charge is -2.29. The summed E-state index contributed by atoms with van der Waals surface area (Å²) in [6, 6.07) is 4.57. The fourth-order valence-electron chi connectivity index (χ4n) is 2.78. The molecule has 0 radical (unpaired) electrons. The van der Waals surface area contributed by atoms with Gasteiger partial charge in [-0.25, -0.2) is 0 Å². The third kappa shape index (κ3) is 4.17. The molecular weight excluding hydrogens is 316 g/mol. The third-order valence-corrected chi connectivity index (χ3v) is 4.46. The maximum atomic E-state index is 12.3. The van der Waals surface area contributed by atoms with Crippen molar-refractivity contribution in [2.75, 3.05) is 0 Å². The molecule has 2 atom stereocenters. The Morgan fingerprint density at radius 3 is 2.70 bits per heavy atom. The van der Waals surface area contributed by atoms with Crippen molar-refractivity contribution in [1.29, 1.82) is 5.26 Å². The lowest BCUT2D eigenvalue weighted by atomic mass is 9.86. The molecule has 1 aromatic rings. The molecule has 5 nitrogen and oxygen atoms in total. The van der Waals surface area contributed by atoms with E-state index < -0.39 is 17.4 Å². The first-order valence-electron chi connectivity index (χ1n) is 7.56. The van der Waals surface area contributed by atoms with Gasteiger partial charge in [-0.05, 0) is 42.5 Å². The Morgan fingerprint density at radius 2 is 2.09 bits per heavy atom. The summed E-state index contributed by atoms with van der Waals surface area (Å²) in [7, 11) is 0. The minimum Gasteiger partial charge on any atom is -0.504 e. The van der Waals surface area contributed by atoms with Crippen molar-refractivity contribution in [3.05, 3.63) is 28.3 Å². The number of benzene rings is 1. The van der Waals surface area contributed by atoms with Crippen molar-refractivity contribution in [2.24, 2.45) is 5.92 Å². The normalized spacial score (nSPS) is 21.5. The fourth-order valence-corrected chi connectivity index (χ4v) is 3.00. The number of carbonyl (C=O) groups is 1. The molecule has 6 heteroatoms. The van der Waals surface area contributed by atoms with E-state index in [4.69, 9.17) is 11.6 Å². The van der Waals surface area contributed by atoms with Crippen LogP contribution in [0.2, 0.25) is 5.02 Å². The first kappa shape index (κ1) is 17.2. The van der Waals surface area contributed by atoms with Crippen molar-refractivity contribution < 1.29 is 15.0 Å². The van der Waals surface area contributed by atoms with Crippen LogP contribution in [0.5, 0.6) is 11.5 Å². The van der Waals surface area contributed by atoms with Gasteiger partial charge in [0.05, 0.1) is 5.02 Å². The number of amides is 1. The molecule has 1 aliphatic rings. The molecule has 2 rings (SSSR count). The zero-order chi connectivity index (χ0) is 17.0. The Kier molecular flexibility index (Phi) is 5.51. The van der Waals surface area contributed by atoms with Gasteiger partial charge in [0.1, 0.15) is 11.6 Å². The van der Waals surface area contributed by atoms with E-state index in [0.29, 0.717) is 11.5 Å². The molecule has 1 aromatic carbocycles. The lowest BCUT2D eigenvalue weighted by Crippen LogP contribution is -2.41. The Balaban J connectivity index is 2.18. The molecular formula is C17H19ClN2O3. The van der Waals surface area contributed by atoms with Crippen LogP contribution in [-0.2, 0) is 4.79 Å². The van der Waals surface area contributed by atoms with Crippen LogP contribution >= 0.6 is 11.6 Å². The van der Waals surface area contributed by atoms with E-state index in [1.807, 2.05) is 6.07 Å². The molecule has 122 valence electrons. The number of phenolic OH excluding ortho intramolecular Hbond substituents is 2. The van der Waals surface area contributed by atoms with Crippen LogP contribution in [0.3, 0.4) is 0 Å². The number of halogens is 1. The lowest BCUT2D eigenvalue weighted by molar-refractivity contribution is -0.118. The Bertz CT molecular complexity index is 656. The second-order valence-corrected chi connectivity index (χ2v) is 6.29. The molecule has 1 aliphatic carbocycles. The Hall–Kier alpha value is -2.19. The van der Waals surface area contributed by atoms with Gasteiger partial charge in [-0.3, -0.25) is 4.79 Å². The minimum absolute atomic E-state index is 0.0464. The second kappa shape index (κ2) is 7.38. The van der Waals surface area contributed by atoms with Crippen LogP contribution < -0.4 is 5.32 Å². The molecule has 3 N–H and O–H groups in total. The summed E-state index contributed by atoms with van der Waals surface area (Å²) in [5, 5.41) is 31.1. The topological polar surface area (TPSA) is 93.4 Å². The summed E-state index contributed by atoms with van der Waals surface area (Å²) in [4.78, 5) is 12.3. The molecule has 1 fully saturated rings. The SMILES string of the molecule is C[C@@H]1CCCC[C@@H]1NC(=O)/C(C#N)=C/c1cc(O)c(O)c(Cl)c1. The molecule has 0 bridgehead atoms. The van der Waals surface area contributed by atoms with Gasteiger partial charge in [-0.1, -0.05) is 31.4 Å². The van der Waals surface area contributed by atoms with E-state index in [1.54, 1.807) is 0 Å². The maximum absolute atomic E-state index is 12.3. The first-order valence-corrected chi connectivity index (χ1v) is 7.94. The highest BCUT2D eigenvalue weighted by Crippen LogP contribution is 2.34. The van der Waals surface area contributed by atoms with E-state index in [9.17, 15) is 20.3 Å². The van der Waals surface area contributed by atoms with Crippen molar-refractivity contribution in [2.45, 2.75) is 38.6 Å². The average Bonchev–Trinajstić information content (AvgIpc) is 2.52. The van der Waals surface area contributed by atoms with Crippen molar-refractivity contribution in [3.63, 3.8) is 0 Å². The molecule has 0 aliphatic heterocycles. The van der Waals surface area contributed by atoms with E-state index in [2.05, 4.69) is 12.2 Å². The summed E-state index contributed by atoms with van der Waals surface area (Å²) >= 11 is 5.78. The van der Waals surface area contributed by atoms with Crippen LogP contribution in [0.1, 0.15) is 38.2 Å². The van der Waals surface area contributed by atoms with Gasteiger partial charge < -0.3 is 15.5 Å². The van der Waals surface area contributed by atoms with E-state index in [1.165, 1.54) is 24.6 Å². The van der Waals surface area contributed by atoms with Gasteiger partial charge in [-0.2, -0.15) is 5.26 Å². The predicted molar refractivity (Wildman–Crippen MR) is 87.9 cm³/mol. The second-order valence-electron chi connectivity index (χ2n) is 5.88. The summed E-state index contributed by atoms with van der Waals surface area (Å²) in [6.07, 6.45) is 5.56. The first-order chi connectivity index (χ1) is 10.9. The molecule has 1 saturated carbocycles. The Labute approximate surface area is 140 Å². The zero-order valence-corrected chi connectivity index (χ0v) is 13.6. The van der Waals surface area contributed by atoms with Crippen LogP contribution in [-0.4, -0.2) is 22.2 Å². The summed E-state index contributed by atoms with van der Waals surface area (Å²) in [5.74, 6) is -0.875. The summed E-state index contributed by atoms with van der Waals surface area (Å²) in [5.41, 5.74) is 0.303. The van der Waals surface area contributed by atoms with Crippen LogP contribution in [0.25, 0.3) is 6.08 Å². The quantitative estimate of drug-likeness (QED) is 0.449. The third-order valence-electron chi connectivity index (χ3n) is 4.17. The summed E-state index contributed by atoms with van der Waals surface area (Å²) < 4.78 is 0. The highest BCUT2D eigenvalue weighted by atomic mass is 35.5. The molecule has 0 heterocycles. The largest absolute Gasteiger partial charge is 0.504 e. The van der Waals surface area contributed by atoms with Gasteiger partial charge in [0.25, 0.3) is 5.91 Å². The highest BCUT2D eigenvalue weighted by molar-refractivity contribution is 6.32. The predicted octanol–water partition coefficient (Wildman–Crippen LogP) is 3.35. The number of nitrogens with zero attached hydrogens (tertiary/aromatic N) is 1. The standard InChI is InChI=1S/C17H19ClN2O3/c1-10-4-2-3-5-14(10)20-17(23)12(9-19)6-11-7-13(18)16(22)15(21)8-11/h6-8,10,14,21-22H,2-5H2,1H3,(H,20,23)/b12-6+/t10-,14+/m1/s1. The number of phenols is 2. The minimum atomic E-state index is -0.435. The molecule has 0 unspecified atom stereocenters.